The summed E-state index contributed by atoms with van der Waals surface area (Å²) in [6, 6.07) is 12.3. The molecule has 0 aliphatic carbocycles. The van der Waals surface area contributed by atoms with E-state index in [2.05, 4.69) is 10.0 Å². The Labute approximate surface area is 199 Å². The Morgan fingerprint density at radius 1 is 1.03 bits per heavy atom. The van der Waals surface area contributed by atoms with Crippen molar-refractivity contribution in [2.45, 2.75) is 18.7 Å². The van der Waals surface area contributed by atoms with E-state index in [0.29, 0.717) is 5.56 Å². The number of ether oxygens (including phenoxy) is 1. The second-order valence-corrected chi connectivity index (χ2v) is 9.16. The van der Waals surface area contributed by atoms with E-state index in [1.165, 1.54) is 42.5 Å². The van der Waals surface area contributed by atoms with Crippen LogP contribution in [0.5, 0.6) is 0 Å². The molecule has 0 aromatic heterocycles. The Morgan fingerprint density at radius 3 is 2.34 bits per heavy atom. The van der Waals surface area contributed by atoms with E-state index < -0.39 is 39.2 Å². The maximum absolute atomic E-state index is 13.0. The smallest absolute Gasteiger partial charge is 0.338 e. The topological polar surface area (TPSA) is 145 Å². The highest BCUT2D eigenvalue weighted by Gasteiger charge is 2.20. The molecule has 0 fully saturated rings. The quantitative estimate of drug-likeness (QED) is 0.270. The predicted octanol–water partition coefficient (Wildman–Crippen LogP) is 3.95. The first-order chi connectivity index (χ1) is 16.5. The fourth-order valence-electron chi connectivity index (χ4n) is 2.98. The Kier molecular flexibility index (Phi) is 7.45. The van der Waals surface area contributed by atoms with Crippen LogP contribution < -0.4 is 10.0 Å². The number of nitrogens with zero attached hydrogens (tertiary/aromatic N) is 1. The van der Waals surface area contributed by atoms with Crippen LogP contribution in [0.4, 0.5) is 21.5 Å². The van der Waals surface area contributed by atoms with Crippen LogP contribution in [0.3, 0.4) is 0 Å². The highest BCUT2D eigenvalue weighted by atomic mass is 32.2. The second kappa shape index (κ2) is 10.3. The van der Waals surface area contributed by atoms with Gasteiger partial charge in [-0.15, -0.1) is 0 Å². The van der Waals surface area contributed by atoms with Gasteiger partial charge in [0.1, 0.15) is 11.5 Å². The molecular weight excluding hydrogens is 481 g/mol. The fourth-order valence-corrected chi connectivity index (χ4v) is 4.08. The molecule has 0 spiro atoms. The molecule has 3 aromatic rings. The molecule has 182 valence electrons. The third-order valence-electron chi connectivity index (χ3n) is 4.89. The molecule has 0 aliphatic rings. The molecule has 3 rings (SSSR count). The molecule has 10 nitrogen and oxygen atoms in total. The number of hydrogen-bond donors (Lipinski definition) is 2. The molecule has 0 radical (unpaired) electrons. The van der Waals surface area contributed by atoms with Crippen LogP contribution in [0.1, 0.15) is 21.5 Å². The minimum Gasteiger partial charge on any atom is -0.452 e. The van der Waals surface area contributed by atoms with E-state index in [0.717, 1.165) is 23.8 Å². The number of hydrogen-bond acceptors (Lipinski definition) is 7. The van der Waals surface area contributed by atoms with Gasteiger partial charge in [0.2, 0.25) is 0 Å². The van der Waals surface area contributed by atoms with Gasteiger partial charge in [-0.1, -0.05) is 6.07 Å². The van der Waals surface area contributed by atoms with Crippen LogP contribution in [0.15, 0.2) is 65.6 Å². The van der Waals surface area contributed by atoms with Gasteiger partial charge in [-0.3, -0.25) is 19.6 Å². The van der Waals surface area contributed by atoms with E-state index in [1.807, 2.05) is 0 Å². The molecule has 0 saturated heterocycles. The van der Waals surface area contributed by atoms with Crippen LogP contribution >= 0.6 is 0 Å². The van der Waals surface area contributed by atoms with Crippen molar-refractivity contribution in [1.82, 2.24) is 0 Å². The van der Waals surface area contributed by atoms with E-state index in [1.54, 1.807) is 13.8 Å². The number of carbonyl (C=O) groups excluding carboxylic acids is 2. The maximum atomic E-state index is 13.0. The first kappa shape index (κ1) is 25.3. The Morgan fingerprint density at radius 2 is 1.69 bits per heavy atom. The number of anilines is 2. The highest BCUT2D eigenvalue weighted by molar-refractivity contribution is 7.92. The van der Waals surface area contributed by atoms with Gasteiger partial charge in [0.15, 0.2) is 6.61 Å². The molecule has 0 atom stereocenters. The molecule has 2 N–H and O–H groups in total. The normalized spacial score (nSPS) is 10.9. The summed E-state index contributed by atoms with van der Waals surface area (Å²) in [5.41, 5.74) is 1.02. The van der Waals surface area contributed by atoms with Crippen molar-refractivity contribution < 1.29 is 32.1 Å². The summed E-state index contributed by atoms with van der Waals surface area (Å²) >= 11 is 0. The second-order valence-electron chi connectivity index (χ2n) is 7.48. The number of aryl methyl sites for hydroxylation is 2. The summed E-state index contributed by atoms with van der Waals surface area (Å²) in [5, 5.41) is 13.6. The summed E-state index contributed by atoms with van der Waals surface area (Å²) in [6.45, 7) is 2.66. The van der Waals surface area contributed by atoms with Crippen LogP contribution in [-0.2, 0) is 19.6 Å². The van der Waals surface area contributed by atoms with Gasteiger partial charge >= 0.3 is 5.97 Å². The number of nitrogens with one attached hydrogen (secondary N) is 2. The molecule has 0 unspecified atom stereocenters. The number of rotatable bonds is 8. The van der Waals surface area contributed by atoms with Gasteiger partial charge in [0.25, 0.3) is 21.6 Å². The van der Waals surface area contributed by atoms with E-state index in [9.17, 15) is 32.5 Å². The maximum Gasteiger partial charge on any atom is 0.338 e. The number of amides is 1. The number of nitro groups is 1. The molecular formula is C23H20FN3O7S. The molecule has 0 bridgehead atoms. The van der Waals surface area contributed by atoms with Crippen molar-refractivity contribution in [3.8, 4) is 0 Å². The average molecular weight is 501 g/mol. The lowest BCUT2D eigenvalue weighted by atomic mass is 10.1. The highest BCUT2D eigenvalue weighted by Crippen LogP contribution is 2.28. The number of halogens is 1. The predicted molar refractivity (Wildman–Crippen MR) is 125 cm³/mol. The van der Waals surface area contributed by atoms with Crippen LogP contribution in [0, 0.1) is 29.8 Å². The largest absolute Gasteiger partial charge is 0.452 e. The number of nitro benzene ring substituents is 1. The summed E-state index contributed by atoms with van der Waals surface area (Å²) in [5.74, 6) is -2.33. The molecule has 1 amide bonds. The number of sulfonamides is 1. The molecule has 3 aromatic carbocycles. The van der Waals surface area contributed by atoms with Gasteiger partial charge < -0.3 is 10.1 Å². The van der Waals surface area contributed by atoms with E-state index in [-0.39, 0.29) is 27.5 Å². The summed E-state index contributed by atoms with van der Waals surface area (Å²) in [6.07, 6.45) is 0. The van der Waals surface area contributed by atoms with Gasteiger partial charge in [-0.2, -0.15) is 0 Å². The molecule has 0 aliphatic heterocycles. The summed E-state index contributed by atoms with van der Waals surface area (Å²) < 4.78 is 45.4. The Bertz CT molecular complexity index is 1410. The number of benzene rings is 3. The number of esters is 1. The Hall–Kier alpha value is -4.32. The first-order valence-electron chi connectivity index (χ1n) is 10.1. The molecule has 0 saturated carbocycles. The zero-order valence-electron chi connectivity index (χ0n) is 18.6. The molecule has 0 heterocycles. The Balaban J connectivity index is 1.67. The third-order valence-corrected chi connectivity index (χ3v) is 6.27. The monoisotopic (exact) mass is 501 g/mol. The zero-order valence-corrected chi connectivity index (χ0v) is 19.4. The lowest BCUT2D eigenvalue weighted by molar-refractivity contribution is -0.384. The van der Waals surface area contributed by atoms with Crippen molar-refractivity contribution in [2.24, 2.45) is 0 Å². The van der Waals surface area contributed by atoms with Gasteiger partial charge in [0.05, 0.1) is 15.4 Å². The van der Waals surface area contributed by atoms with Gasteiger partial charge in [-0.25, -0.2) is 17.6 Å². The van der Waals surface area contributed by atoms with E-state index >= 15 is 0 Å². The van der Waals surface area contributed by atoms with Crippen molar-refractivity contribution in [3.05, 3.63) is 93.3 Å². The number of carbonyl (C=O) groups is 2. The van der Waals surface area contributed by atoms with E-state index in [4.69, 9.17) is 4.74 Å². The van der Waals surface area contributed by atoms with Gasteiger partial charge in [-0.05, 0) is 73.5 Å². The lowest BCUT2D eigenvalue weighted by Crippen LogP contribution is -2.22. The van der Waals surface area contributed by atoms with Gasteiger partial charge in [0, 0.05) is 11.8 Å². The van der Waals surface area contributed by atoms with Crippen molar-refractivity contribution >= 4 is 39.0 Å². The zero-order chi connectivity index (χ0) is 25.8. The summed E-state index contributed by atoms with van der Waals surface area (Å²) in [4.78, 5) is 35.0. The minimum atomic E-state index is -4.10. The van der Waals surface area contributed by atoms with Crippen LogP contribution in [0.2, 0.25) is 0 Å². The van der Waals surface area contributed by atoms with Crippen LogP contribution in [0.25, 0.3) is 0 Å². The lowest BCUT2D eigenvalue weighted by Gasteiger charge is -2.11. The van der Waals surface area contributed by atoms with Crippen molar-refractivity contribution in [1.29, 1.82) is 0 Å². The van der Waals surface area contributed by atoms with Crippen molar-refractivity contribution in [2.75, 3.05) is 16.6 Å². The molecule has 12 heteroatoms. The average Bonchev–Trinajstić information content (AvgIpc) is 2.81. The fraction of sp³-hybridized carbons (Fsp3) is 0.130. The first-order valence-corrected chi connectivity index (χ1v) is 11.6. The third kappa shape index (κ3) is 6.38. The van der Waals surface area contributed by atoms with Crippen LogP contribution in [-0.4, -0.2) is 31.8 Å². The standard InChI is InChI=1S/C23H20FN3O7S/c1-14-10-20(21(27(30)31)11-15(14)2)25-22(28)13-34-23(29)16-4-3-5-19(12-16)35(32,33)26-18-8-6-17(24)7-9-18/h3-12,26H,13H2,1-2H3,(H,25,28). The summed E-state index contributed by atoms with van der Waals surface area (Å²) in [7, 11) is -4.10. The minimum absolute atomic E-state index is 0.0425. The SMILES string of the molecule is Cc1cc(NC(=O)COC(=O)c2cccc(S(=O)(=O)Nc3ccc(F)cc3)c2)c([N+](=O)[O-])cc1C. The molecule has 35 heavy (non-hydrogen) atoms. The van der Waals surface area contributed by atoms with Crippen molar-refractivity contribution in [3.63, 3.8) is 0 Å².